The van der Waals surface area contributed by atoms with Crippen LogP contribution in [-0.4, -0.2) is 22.6 Å². The molecular weight excluding hydrogens is 282 g/mol. The molecule has 0 atom stereocenters. The van der Waals surface area contributed by atoms with Crippen molar-refractivity contribution in [3.8, 4) is 0 Å². The van der Waals surface area contributed by atoms with Crippen LogP contribution in [-0.2, 0) is 16.1 Å². The molecule has 0 radical (unpaired) electrons. The highest BCUT2D eigenvalue weighted by Gasteiger charge is 2.13. The van der Waals surface area contributed by atoms with Crippen molar-refractivity contribution in [2.24, 2.45) is 0 Å². The number of nitrogens with zero attached hydrogens (tertiary/aromatic N) is 1. The van der Waals surface area contributed by atoms with Crippen molar-refractivity contribution in [3.63, 3.8) is 0 Å². The fourth-order valence-corrected chi connectivity index (χ4v) is 1.74. The van der Waals surface area contributed by atoms with E-state index in [0.29, 0.717) is 11.3 Å². The lowest BCUT2D eigenvalue weighted by Gasteiger charge is -2.07. The second-order valence-electron chi connectivity index (χ2n) is 4.63. The molecule has 1 aromatic heterocycles. The number of aromatic nitrogens is 1. The van der Waals surface area contributed by atoms with Crippen LogP contribution < -0.4 is 10.6 Å². The number of carbonyl (C=O) groups is 3. The lowest BCUT2D eigenvalue weighted by atomic mass is 10.1. The SMILES string of the molecule is CC(=O)c1ccc(NC(=O)C(=O)NCc2cccnc2)cc1. The van der Waals surface area contributed by atoms with E-state index in [-0.39, 0.29) is 12.3 Å². The number of hydrogen-bond donors (Lipinski definition) is 2. The van der Waals surface area contributed by atoms with Gasteiger partial charge in [0.1, 0.15) is 0 Å². The Bertz CT molecular complexity index is 682. The van der Waals surface area contributed by atoms with E-state index in [1.165, 1.54) is 6.92 Å². The van der Waals surface area contributed by atoms with Crippen molar-refractivity contribution < 1.29 is 14.4 Å². The van der Waals surface area contributed by atoms with Gasteiger partial charge in [0, 0.05) is 30.2 Å². The van der Waals surface area contributed by atoms with Gasteiger partial charge in [0.15, 0.2) is 5.78 Å². The molecule has 0 saturated carbocycles. The number of nitrogens with one attached hydrogen (secondary N) is 2. The van der Waals surface area contributed by atoms with Crippen molar-refractivity contribution >= 4 is 23.3 Å². The zero-order chi connectivity index (χ0) is 15.9. The van der Waals surface area contributed by atoms with Gasteiger partial charge in [0.2, 0.25) is 0 Å². The van der Waals surface area contributed by atoms with E-state index in [1.807, 2.05) is 0 Å². The molecule has 0 spiro atoms. The minimum atomic E-state index is -0.764. The Morgan fingerprint density at radius 3 is 2.36 bits per heavy atom. The maximum atomic E-state index is 11.7. The van der Waals surface area contributed by atoms with E-state index in [9.17, 15) is 14.4 Å². The summed E-state index contributed by atoms with van der Waals surface area (Å²) in [7, 11) is 0. The molecule has 2 N–H and O–H groups in total. The van der Waals surface area contributed by atoms with Crippen LogP contribution >= 0.6 is 0 Å². The second kappa shape index (κ2) is 7.12. The van der Waals surface area contributed by atoms with Gasteiger partial charge >= 0.3 is 11.8 Å². The highest BCUT2D eigenvalue weighted by molar-refractivity contribution is 6.39. The molecule has 0 bridgehead atoms. The zero-order valence-electron chi connectivity index (χ0n) is 12.0. The van der Waals surface area contributed by atoms with Gasteiger partial charge in [0.25, 0.3) is 0 Å². The number of benzene rings is 1. The maximum absolute atomic E-state index is 11.7. The van der Waals surface area contributed by atoms with Crippen LogP contribution in [0.1, 0.15) is 22.8 Å². The molecule has 0 saturated heterocycles. The number of ketones is 1. The second-order valence-corrected chi connectivity index (χ2v) is 4.63. The molecule has 1 heterocycles. The van der Waals surface area contributed by atoms with Crippen LogP contribution in [0.25, 0.3) is 0 Å². The first-order chi connectivity index (χ1) is 10.6. The van der Waals surface area contributed by atoms with E-state index in [4.69, 9.17) is 0 Å². The molecule has 0 aliphatic carbocycles. The predicted molar refractivity (Wildman–Crippen MR) is 81.2 cm³/mol. The van der Waals surface area contributed by atoms with Gasteiger partial charge in [-0.15, -0.1) is 0 Å². The number of anilines is 1. The standard InChI is InChI=1S/C16H15N3O3/c1-11(20)13-4-6-14(7-5-13)19-16(22)15(21)18-10-12-3-2-8-17-9-12/h2-9H,10H2,1H3,(H,18,21)(H,19,22). The molecule has 0 aliphatic heterocycles. The molecule has 0 fully saturated rings. The highest BCUT2D eigenvalue weighted by Crippen LogP contribution is 2.09. The zero-order valence-corrected chi connectivity index (χ0v) is 12.0. The van der Waals surface area contributed by atoms with E-state index in [1.54, 1.807) is 48.8 Å². The number of hydrogen-bond acceptors (Lipinski definition) is 4. The number of carbonyl (C=O) groups excluding carboxylic acids is 3. The summed E-state index contributed by atoms with van der Waals surface area (Å²) in [4.78, 5) is 38.5. The van der Waals surface area contributed by atoms with E-state index in [0.717, 1.165) is 5.56 Å². The third kappa shape index (κ3) is 4.24. The van der Waals surface area contributed by atoms with Gasteiger partial charge < -0.3 is 10.6 Å². The normalized spacial score (nSPS) is 9.86. The first kappa shape index (κ1) is 15.4. The van der Waals surface area contributed by atoms with Crippen LogP contribution in [0.15, 0.2) is 48.8 Å². The van der Waals surface area contributed by atoms with E-state index < -0.39 is 11.8 Å². The molecule has 2 amide bonds. The van der Waals surface area contributed by atoms with Gasteiger partial charge in [0.05, 0.1) is 0 Å². The molecule has 112 valence electrons. The van der Waals surface area contributed by atoms with Gasteiger partial charge in [-0.1, -0.05) is 6.07 Å². The Morgan fingerprint density at radius 2 is 1.77 bits per heavy atom. The quantitative estimate of drug-likeness (QED) is 0.662. The topological polar surface area (TPSA) is 88.2 Å². The van der Waals surface area contributed by atoms with Crippen molar-refractivity contribution in [1.29, 1.82) is 0 Å². The summed E-state index contributed by atoms with van der Waals surface area (Å²) in [5.74, 6) is -1.56. The molecule has 22 heavy (non-hydrogen) atoms. The van der Waals surface area contributed by atoms with Gasteiger partial charge in [-0.3, -0.25) is 19.4 Å². The monoisotopic (exact) mass is 297 g/mol. The van der Waals surface area contributed by atoms with Crippen molar-refractivity contribution in [2.75, 3.05) is 5.32 Å². The smallest absolute Gasteiger partial charge is 0.313 e. The Morgan fingerprint density at radius 1 is 1.05 bits per heavy atom. The molecule has 6 nitrogen and oxygen atoms in total. The van der Waals surface area contributed by atoms with Crippen LogP contribution in [0.3, 0.4) is 0 Å². The van der Waals surface area contributed by atoms with Crippen LogP contribution in [0.4, 0.5) is 5.69 Å². The number of pyridine rings is 1. The molecule has 0 unspecified atom stereocenters. The Balaban J connectivity index is 1.88. The average Bonchev–Trinajstić information content (AvgIpc) is 2.54. The average molecular weight is 297 g/mol. The van der Waals surface area contributed by atoms with Gasteiger partial charge in [-0.05, 0) is 42.8 Å². The third-order valence-electron chi connectivity index (χ3n) is 2.93. The first-order valence-corrected chi connectivity index (χ1v) is 6.65. The fraction of sp³-hybridized carbons (Fsp3) is 0.125. The van der Waals surface area contributed by atoms with Crippen molar-refractivity contribution in [3.05, 3.63) is 59.9 Å². The largest absolute Gasteiger partial charge is 0.344 e. The first-order valence-electron chi connectivity index (χ1n) is 6.65. The summed E-state index contributed by atoms with van der Waals surface area (Å²) in [5, 5.41) is 4.97. The minimum absolute atomic E-state index is 0.0629. The summed E-state index contributed by atoms with van der Waals surface area (Å²) in [6.45, 7) is 1.68. The summed E-state index contributed by atoms with van der Waals surface area (Å²) in [6, 6.07) is 9.87. The highest BCUT2D eigenvalue weighted by atomic mass is 16.2. The van der Waals surface area contributed by atoms with E-state index >= 15 is 0 Å². The third-order valence-corrected chi connectivity index (χ3v) is 2.93. The summed E-state index contributed by atoms with van der Waals surface area (Å²) >= 11 is 0. The van der Waals surface area contributed by atoms with Crippen LogP contribution in [0.2, 0.25) is 0 Å². The summed E-state index contributed by atoms with van der Waals surface area (Å²) in [5.41, 5.74) is 1.79. The molecule has 2 aromatic rings. The number of Topliss-reactive ketones (excluding diaryl/α,β-unsaturated/α-hetero) is 1. The maximum Gasteiger partial charge on any atom is 0.313 e. The fourth-order valence-electron chi connectivity index (χ4n) is 1.74. The summed E-state index contributed by atoms with van der Waals surface area (Å²) in [6.07, 6.45) is 3.24. The lowest BCUT2D eigenvalue weighted by Crippen LogP contribution is -2.34. The minimum Gasteiger partial charge on any atom is -0.344 e. The predicted octanol–water partition coefficient (Wildman–Crippen LogP) is 1.54. The molecule has 0 aliphatic rings. The Labute approximate surface area is 127 Å². The molecule has 6 heteroatoms. The molecule has 1 aromatic carbocycles. The Kier molecular flexibility index (Phi) is 4.98. The van der Waals surface area contributed by atoms with Crippen molar-refractivity contribution in [1.82, 2.24) is 10.3 Å². The number of amides is 2. The van der Waals surface area contributed by atoms with Crippen LogP contribution in [0.5, 0.6) is 0 Å². The van der Waals surface area contributed by atoms with Crippen LogP contribution in [0, 0.1) is 0 Å². The van der Waals surface area contributed by atoms with Gasteiger partial charge in [-0.2, -0.15) is 0 Å². The van der Waals surface area contributed by atoms with Crippen molar-refractivity contribution in [2.45, 2.75) is 13.5 Å². The number of rotatable bonds is 4. The molecular formula is C16H15N3O3. The lowest BCUT2D eigenvalue weighted by molar-refractivity contribution is -0.136. The summed E-state index contributed by atoms with van der Waals surface area (Å²) < 4.78 is 0. The Hall–Kier alpha value is -3.02. The van der Waals surface area contributed by atoms with E-state index in [2.05, 4.69) is 15.6 Å². The molecule has 2 rings (SSSR count). The van der Waals surface area contributed by atoms with Gasteiger partial charge in [-0.25, -0.2) is 0 Å².